The smallest absolute Gasteiger partial charge is 0.0541 e. The van der Waals surface area contributed by atoms with Crippen LogP contribution in [0.5, 0.6) is 0 Å². The molecule has 1 aliphatic carbocycles. The first kappa shape index (κ1) is 33.2. The zero-order valence-electron chi connectivity index (χ0n) is 31.8. The largest absolute Gasteiger partial charge is 0.309 e. The van der Waals surface area contributed by atoms with E-state index in [0.29, 0.717) is 0 Å². The molecular formula is C56H37NS. The minimum absolute atomic E-state index is 1.12. The molecule has 1 aliphatic rings. The zero-order valence-corrected chi connectivity index (χ0v) is 32.6. The average molecular weight is 756 g/mol. The lowest BCUT2D eigenvalue weighted by Gasteiger charge is -2.19. The zero-order chi connectivity index (χ0) is 38.2. The molecule has 0 aliphatic heterocycles. The van der Waals surface area contributed by atoms with E-state index in [0.717, 1.165) is 18.5 Å². The van der Waals surface area contributed by atoms with Crippen LogP contribution in [0, 0.1) is 0 Å². The van der Waals surface area contributed by atoms with Crippen LogP contribution in [0.25, 0.3) is 110 Å². The van der Waals surface area contributed by atoms with Crippen molar-refractivity contribution in [3.8, 4) is 50.2 Å². The summed E-state index contributed by atoms with van der Waals surface area (Å²) in [7, 11) is 0. The second-order valence-corrected chi connectivity index (χ2v) is 16.5. The monoisotopic (exact) mass is 755 g/mol. The number of aromatic nitrogens is 1. The van der Waals surface area contributed by atoms with E-state index >= 15 is 0 Å². The fraction of sp³-hybridized carbons (Fsp3) is 0.0357. The van der Waals surface area contributed by atoms with E-state index in [2.05, 4.69) is 205 Å². The highest BCUT2D eigenvalue weighted by Crippen LogP contribution is 2.46. The van der Waals surface area contributed by atoms with Gasteiger partial charge in [-0.25, -0.2) is 0 Å². The molecule has 9 aromatic carbocycles. The van der Waals surface area contributed by atoms with E-state index in [-0.39, 0.29) is 0 Å². The van der Waals surface area contributed by atoms with Gasteiger partial charge >= 0.3 is 0 Å². The van der Waals surface area contributed by atoms with Gasteiger partial charge in [0, 0.05) is 26.0 Å². The Hall–Kier alpha value is -7.00. The number of hydrogen-bond acceptors (Lipinski definition) is 1. The molecule has 0 N–H and O–H groups in total. The van der Waals surface area contributed by atoms with Crippen molar-refractivity contribution in [1.82, 2.24) is 4.57 Å². The number of aryl methyl sites for hydroxylation is 1. The molecule has 2 aromatic heterocycles. The number of thiophene rings is 1. The Morgan fingerprint density at radius 1 is 0.397 bits per heavy atom. The van der Waals surface area contributed by atoms with E-state index in [1.165, 1.54) is 108 Å². The van der Waals surface area contributed by atoms with Crippen LogP contribution in [0.15, 0.2) is 194 Å². The van der Waals surface area contributed by atoms with Gasteiger partial charge in [-0.3, -0.25) is 0 Å². The maximum Gasteiger partial charge on any atom is 0.0541 e. The number of nitrogens with zero attached hydrogens (tertiary/aromatic N) is 1. The van der Waals surface area contributed by atoms with E-state index in [1.54, 1.807) is 0 Å². The predicted molar refractivity (Wildman–Crippen MR) is 250 cm³/mol. The summed E-state index contributed by atoms with van der Waals surface area (Å²) in [5, 5.41) is 9.01. The number of rotatable bonds is 5. The van der Waals surface area contributed by atoms with Crippen molar-refractivity contribution >= 4 is 70.8 Å². The van der Waals surface area contributed by atoms with Crippen LogP contribution >= 0.6 is 11.3 Å². The van der Waals surface area contributed by atoms with Gasteiger partial charge in [0.15, 0.2) is 0 Å². The van der Waals surface area contributed by atoms with Gasteiger partial charge in [-0.1, -0.05) is 158 Å². The number of allylic oxidation sites excluding steroid dienone is 1. The molecule has 0 saturated carbocycles. The molecule has 0 saturated heterocycles. The number of para-hydroxylation sites is 1. The summed E-state index contributed by atoms with van der Waals surface area (Å²) >= 11 is 1.94. The van der Waals surface area contributed by atoms with E-state index in [1.807, 2.05) is 11.3 Å². The maximum absolute atomic E-state index is 2.45. The molecule has 0 amide bonds. The minimum Gasteiger partial charge on any atom is -0.309 e. The summed E-state index contributed by atoms with van der Waals surface area (Å²) in [6.07, 6.45) is 6.89. The summed E-state index contributed by atoms with van der Waals surface area (Å²) in [5.41, 5.74) is 15.1. The molecule has 0 unspecified atom stereocenters. The highest BCUT2D eigenvalue weighted by atomic mass is 32.1. The van der Waals surface area contributed by atoms with Gasteiger partial charge in [-0.05, 0) is 132 Å². The fourth-order valence-electron chi connectivity index (χ4n) is 9.66. The molecule has 1 nitrogen and oxygen atoms in total. The van der Waals surface area contributed by atoms with Gasteiger partial charge < -0.3 is 4.57 Å². The third kappa shape index (κ3) is 5.15. The molecule has 58 heavy (non-hydrogen) atoms. The van der Waals surface area contributed by atoms with Crippen molar-refractivity contribution in [3.05, 3.63) is 205 Å². The van der Waals surface area contributed by atoms with Crippen molar-refractivity contribution in [2.45, 2.75) is 12.8 Å². The van der Waals surface area contributed by atoms with Crippen LogP contribution < -0.4 is 0 Å². The van der Waals surface area contributed by atoms with E-state index in [4.69, 9.17) is 0 Å². The second-order valence-electron chi connectivity index (χ2n) is 15.5. The summed E-state index contributed by atoms with van der Waals surface area (Å²) in [6.45, 7) is 0. The molecule has 12 rings (SSSR count). The Kier molecular flexibility index (Phi) is 7.61. The Morgan fingerprint density at radius 2 is 0.983 bits per heavy atom. The molecule has 11 aromatic rings. The number of benzene rings is 9. The summed E-state index contributed by atoms with van der Waals surface area (Å²) in [5.74, 6) is 0. The molecule has 272 valence electrons. The molecule has 0 radical (unpaired) electrons. The lowest BCUT2D eigenvalue weighted by Crippen LogP contribution is -1.95. The molecule has 2 heterocycles. The summed E-state index contributed by atoms with van der Waals surface area (Å²) < 4.78 is 3.84. The average Bonchev–Trinajstić information content (AvgIpc) is 3.84. The predicted octanol–water partition coefficient (Wildman–Crippen LogP) is 15.9. The number of fused-ring (bicyclic) bond motifs is 8. The summed E-state index contributed by atoms with van der Waals surface area (Å²) in [6, 6.07) is 69.7. The maximum atomic E-state index is 2.45. The van der Waals surface area contributed by atoms with Crippen molar-refractivity contribution in [1.29, 1.82) is 0 Å². The third-order valence-corrected chi connectivity index (χ3v) is 13.5. The Bertz CT molecular complexity index is 3440. The van der Waals surface area contributed by atoms with Crippen LogP contribution in [0.3, 0.4) is 0 Å². The van der Waals surface area contributed by atoms with Crippen molar-refractivity contribution < 1.29 is 0 Å². The number of hydrogen-bond donors (Lipinski definition) is 0. The summed E-state index contributed by atoms with van der Waals surface area (Å²) in [4.78, 5) is 1.42. The Labute approximate surface area is 341 Å². The van der Waals surface area contributed by atoms with E-state index in [9.17, 15) is 0 Å². The van der Waals surface area contributed by atoms with Crippen molar-refractivity contribution in [2.24, 2.45) is 0 Å². The second kappa shape index (κ2) is 13.3. The minimum atomic E-state index is 1.12. The van der Waals surface area contributed by atoms with Crippen molar-refractivity contribution in [3.63, 3.8) is 0 Å². The molecule has 0 bridgehead atoms. The van der Waals surface area contributed by atoms with Crippen LogP contribution in [0.4, 0.5) is 0 Å². The Balaban J connectivity index is 1.04. The molecule has 0 spiro atoms. The fourth-order valence-corrected chi connectivity index (χ4v) is 11.0. The molecule has 2 heteroatoms. The van der Waals surface area contributed by atoms with Crippen LogP contribution in [-0.4, -0.2) is 4.57 Å². The normalized spacial score (nSPS) is 12.6. The third-order valence-electron chi connectivity index (χ3n) is 12.3. The van der Waals surface area contributed by atoms with Gasteiger partial charge in [0.05, 0.1) is 11.0 Å². The lowest BCUT2D eigenvalue weighted by molar-refractivity contribution is 1.01. The first-order valence-corrected chi connectivity index (χ1v) is 21.0. The molecule has 0 atom stereocenters. The van der Waals surface area contributed by atoms with Gasteiger partial charge in [-0.15, -0.1) is 11.3 Å². The lowest BCUT2D eigenvalue weighted by atomic mass is 9.85. The van der Waals surface area contributed by atoms with Crippen molar-refractivity contribution in [2.75, 3.05) is 0 Å². The first-order valence-electron chi connectivity index (χ1n) is 20.2. The molecule has 0 fully saturated rings. The van der Waals surface area contributed by atoms with Gasteiger partial charge in [-0.2, -0.15) is 0 Å². The Morgan fingerprint density at radius 3 is 1.78 bits per heavy atom. The van der Waals surface area contributed by atoms with Crippen LogP contribution in [-0.2, 0) is 6.42 Å². The van der Waals surface area contributed by atoms with Crippen LogP contribution in [0.1, 0.15) is 16.9 Å². The molecular weight excluding hydrogens is 719 g/mol. The first-order chi connectivity index (χ1) is 28.8. The highest BCUT2D eigenvalue weighted by molar-refractivity contribution is 7.20. The topological polar surface area (TPSA) is 4.93 Å². The SMILES string of the molecule is C1=Cc2sc3c(-c4ccc5c(c4)c4ccccc4n5-c4cccc(-c5ccc6c(-c7ccccc7)c7ccccc7c(-c7ccccc7)c6c5)c4)cccc3c2CC1. The standard InChI is InChI=1S/C56H37NS/c1-3-15-36(16-4-1)54-45-23-7-8-24-46(45)55(37-17-5-2-6-18-37)50-34-39(29-31-47(50)54)38-19-13-20-41(33-38)57-51-27-11-9-21-43(51)49-35-40(30-32-52(49)57)42-25-14-26-48-44-22-10-12-28-53(44)58-56(42)48/h1-9,11-21,23-35H,10,22H2. The van der Waals surface area contributed by atoms with Gasteiger partial charge in [0.25, 0.3) is 0 Å². The van der Waals surface area contributed by atoms with Gasteiger partial charge in [0.2, 0.25) is 0 Å². The highest BCUT2D eigenvalue weighted by Gasteiger charge is 2.20. The quantitative estimate of drug-likeness (QED) is 0.154. The van der Waals surface area contributed by atoms with Gasteiger partial charge in [0.1, 0.15) is 0 Å². The van der Waals surface area contributed by atoms with E-state index < -0.39 is 0 Å². The van der Waals surface area contributed by atoms with Crippen LogP contribution in [0.2, 0.25) is 0 Å².